The molecule has 1 amide bonds. The molecule has 0 radical (unpaired) electrons. The number of carboxylic acids is 1. The van der Waals surface area contributed by atoms with Crippen LogP contribution in [0.2, 0.25) is 0 Å². The molecule has 0 aliphatic rings. The molecule has 0 aliphatic carbocycles. The number of hydrogen-bond donors (Lipinski definition) is 2. The molecule has 0 saturated heterocycles. The molecule has 0 heterocycles. The fraction of sp³-hybridized carbons (Fsp3) is 0.459. The molecule has 3 aromatic carbocycles. The third-order valence-electron chi connectivity index (χ3n) is 7.71. The molecule has 0 aliphatic heterocycles. The summed E-state index contributed by atoms with van der Waals surface area (Å²) < 4.78 is 5.73. The van der Waals surface area contributed by atoms with E-state index in [-0.39, 0.29) is 18.9 Å². The second-order valence-corrected chi connectivity index (χ2v) is 12.4. The van der Waals surface area contributed by atoms with Gasteiger partial charge < -0.3 is 15.2 Å². The van der Waals surface area contributed by atoms with Crippen LogP contribution in [0.15, 0.2) is 60.7 Å². The van der Waals surface area contributed by atoms with Crippen molar-refractivity contribution in [2.75, 3.05) is 11.9 Å². The number of ether oxygens (including phenoxy) is 1. The molecule has 5 heteroatoms. The summed E-state index contributed by atoms with van der Waals surface area (Å²) in [5.41, 5.74) is 7.78. The van der Waals surface area contributed by atoms with Crippen LogP contribution in [0, 0.1) is 25.7 Å². The van der Waals surface area contributed by atoms with E-state index in [4.69, 9.17) is 9.84 Å². The van der Waals surface area contributed by atoms with E-state index >= 15 is 0 Å². The zero-order chi connectivity index (χ0) is 30.6. The number of aryl methyl sites for hydroxylation is 2. The summed E-state index contributed by atoms with van der Waals surface area (Å²) in [5, 5.41) is 11.9. The monoisotopic (exact) mass is 571 g/mol. The molecule has 0 saturated carbocycles. The topological polar surface area (TPSA) is 75.6 Å². The minimum atomic E-state index is -0.860. The third kappa shape index (κ3) is 10.3. The van der Waals surface area contributed by atoms with Gasteiger partial charge in [0.2, 0.25) is 0 Å². The lowest BCUT2D eigenvalue weighted by Crippen LogP contribution is -2.14. The Morgan fingerprint density at radius 1 is 0.881 bits per heavy atom. The van der Waals surface area contributed by atoms with E-state index in [1.807, 2.05) is 0 Å². The van der Waals surface area contributed by atoms with E-state index in [0.29, 0.717) is 35.5 Å². The summed E-state index contributed by atoms with van der Waals surface area (Å²) in [6.45, 7) is 13.6. The van der Waals surface area contributed by atoms with E-state index < -0.39 is 5.97 Å². The van der Waals surface area contributed by atoms with Crippen LogP contribution in [0.3, 0.4) is 0 Å². The van der Waals surface area contributed by atoms with Crippen LogP contribution in [0.5, 0.6) is 5.75 Å². The number of carbonyl (C=O) groups excluding carboxylic acids is 1. The molecule has 42 heavy (non-hydrogen) atoms. The van der Waals surface area contributed by atoms with Crippen molar-refractivity contribution in [2.45, 2.75) is 92.4 Å². The number of amides is 1. The van der Waals surface area contributed by atoms with E-state index in [1.165, 1.54) is 34.2 Å². The molecular weight excluding hydrogens is 522 g/mol. The fourth-order valence-electron chi connectivity index (χ4n) is 5.76. The van der Waals surface area contributed by atoms with Crippen LogP contribution in [0.25, 0.3) is 0 Å². The maximum Gasteiger partial charge on any atom is 0.303 e. The number of carbonyl (C=O) groups is 2. The number of carboxylic acid groups (broad SMARTS) is 1. The molecule has 226 valence electrons. The van der Waals surface area contributed by atoms with Gasteiger partial charge in [-0.15, -0.1) is 0 Å². The molecule has 0 bridgehead atoms. The van der Waals surface area contributed by atoms with Gasteiger partial charge in [0.25, 0.3) is 5.91 Å². The van der Waals surface area contributed by atoms with Crippen molar-refractivity contribution in [3.05, 3.63) is 94.0 Å². The van der Waals surface area contributed by atoms with Crippen molar-refractivity contribution in [1.82, 2.24) is 0 Å². The van der Waals surface area contributed by atoms with Crippen LogP contribution >= 0.6 is 0 Å². The highest BCUT2D eigenvalue weighted by Crippen LogP contribution is 2.31. The van der Waals surface area contributed by atoms with E-state index in [0.717, 1.165) is 31.4 Å². The maximum atomic E-state index is 13.1. The van der Waals surface area contributed by atoms with E-state index in [2.05, 4.69) is 83.3 Å². The highest BCUT2D eigenvalue weighted by Gasteiger charge is 2.16. The van der Waals surface area contributed by atoms with Gasteiger partial charge in [0.1, 0.15) is 5.75 Å². The molecular formula is C37H49NO4. The molecule has 3 rings (SSSR count). The molecule has 3 aromatic rings. The normalized spacial score (nSPS) is 12.0. The third-order valence-corrected chi connectivity index (χ3v) is 7.71. The van der Waals surface area contributed by atoms with Gasteiger partial charge >= 0.3 is 5.97 Å². The Morgan fingerprint density at radius 3 is 2.17 bits per heavy atom. The van der Waals surface area contributed by atoms with Gasteiger partial charge in [-0.05, 0) is 122 Å². The number of rotatable bonds is 16. The summed E-state index contributed by atoms with van der Waals surface area (Å²) in [7, 11) is 0. The standard InChI is InChI=1S/C37H49NO4/c1-25(2)21-29-16-18-30(19-17-29)31(22-26(3)4)11-9-13-33-27(5)23-32(24-28(33)6)38-37(41)34-12-7-8-14-35(34)42-20-10-15-36(39)40/h7-8,12,14,16-19,23-26,31H,9-11,13,15,20-22H2,1-6H3,(H,38,41)(H,39,40). The van der Waals surface area contributed by atoms with E-state index in [1.54, 1.807) is 24.3 Å². The minimum absolute atomic E-state index is 0.0309. The van der Waals surface area contributed by atoms with Gasteiger partial charge in [-0.1, -0.05) is 64.1 Å². The molecule has 2 N–H and O–H groups in total. The Balaban J connectivity index is 1.63. The summed E-state index contributed by atoms with van der Waals surface area (Å²) in [6, 6.07) is 20.5. The molecule has 1 unspecified atom stereocenters. The predicted octanol–water partition coefficient (Wildman–Crippen LogP) is 9.15. The predicted molar refractivity (Wildman–Crippen MR) is 173 cm³/mol. The maximum absolute atomic E-state index is 13.1. The smallest absolute Gasteiger partial charge is 0.303 e. The van der Waals surface area contributed by atoms with Crippen LogP contribution in [-0.2, 0) is 17.6 Å². The summed E-state index contributed by atoms with van der Waals surface area (Å²) in [6.07, 6.45) is 6.01. The van der Waals surface area contributed by atoms with Crippen molar-refractivity contribution in [2.24, 2.45) is 11.8 Å². The Bertz CT molecular complexity index is 1290. The van der Waals surface area contributed by atoms with Crippen LogP contribution in [-0.4, -0.2) is 23.6 Å². The first-order valence-corrected chi connectivity index (χ1v) is 15.5. The van der Waals surface area contributed by atoms with Crippen molar-refractivity contribution in [1.29, 1.82) is 0 Å². The van der Waals surface area contributed by atoms with Crippen LogP contribution in [0.1, 0.15) is 104 Å². The summed E-state index contributed by atoms with van der Waals surface area (Å²) in [5.74, 6) is 1.23. The van der Waals surface area contributed by atoms with Gasteiger partial charge in [0, 0.05) is 12.1 Å². The van der Waals surface area contributed by atoms with Crippen LogP contribution in [0.4, 0.5) is 5.69 Å². The van der Waals surface area contributed by atoms with Crippen molar-refractivity contribution in [3.63, 3.8) is 0 Å². The molecule has 1 atom stereocenters. The van der Waals surface area contributed by atoms with Crippen LogP contribution < -0.4 is 10.1 Å². The summed E-state index contributed by atoms with van der Waals surface area (Å²) in [4.78, 5) is 23.9. The first-order valence-electron chi connectivity index (χ1n) is 15.5. The van der Waals surface area contributed by atoms with Gasteiger partial charge in [-0.3, -0.25) is 9.59 Å². The lowest BCUT2D eigenvalue weighted by Gasteiger charge is -2.21. The average Bonchev–Trinajstić information content (AvgIpc) is 2.92. The number of para-hydroxylation sites is 1. The van der Waals surface area contributed by atoms with Gasteiger partial charge in [-0.2, -0.15) is 0 Å². The molecule has 0 fully saturated rings. The minimum Gasteiger partial charge on any atom is -0.493 e. The van der Waals surface area contributed by atoms with Gasteiger partial charge in [0.05, 0.1) is 12.2 Å². The first-order chi connectivity index (χ1) is 20.0. The van der Waals surface area contributed by atoms with Crippen molar-refractivity contribution >= 4 is 17.6 Å². The largest absolute Gasteiger partial charge is 0.493 e. The second kappa shape index (κ2) is 16.1. The molecule has 0 aromatic heterocycles. The molecule has 0 spiro atoms. The highest BCUT2D eigenvalue weighted by atomic mass is 16.5. The Hall–Kier alpha value is -3.60. The molecule has 5 nitrogen and oxygen atoms in total. The zero-order valence-corrected chi connectivity index (χ0v) is 26.3. The number of nitrogens with one attached hydrogen (secondary N) is 1. The second-order valence-electron chi connectivity index (χ2n) is 12.4. The fourth-order valence-corrected chi connectivity index (χ4v) is 5.76. The number of hydrogen-bond acceptors (Lipinski definition) is 3. The van der Waals surface area contributed by atoms with Gasteiger partial charge in [-0.25, -0.2) is 0 Å². The van der Waals surface area contributed by atoms with Crippen molar-refractivity contribution in [3.8, 4) is 5.75 Å². The average molecular weight is 572 g/mol. The zero-order valence-electron chi connectivity index (χ0n) is 26.3. The Kier molecular flexibility index (Phi) is 12.7. The highest BCUT2D eigenvalue weighted by molar-refractivity contribution is 6.06. The SMILES string of the molecule is Cc1cc(NC(=O)c2ccccc2OCCCC(=O)O)cc(C)c1CCCC(CC(C)C)c1ccc(CC(C)C)cc1. The lowest BCUT2D eigenvalue weighted by molar-refractivity contribution is -0.137. The lowest BCUT2D eigenvalue weighted by atomic mass is 9.84. The number of benzene rings is 3. The quantitative estimate of drug-likeness (QED) is 0.168. The first kappa shape index (κ1) is 32.9. The number of aliphatic carboxylic acids is 1. The summed E-state index contributed by atoms with van der Waals surface area (Å²) >= 11 is 0. The van der Waals surface area contributed by atoms with Crippen molar-refractivity contribution < 1.29 is 19.4 Å². The Morgan fingerprint density at radius 2 is 1.55 bits per heavy atom. The van der Waals surface area contributed by atoms with E-state index in [9.17, 15) is 9.59 Å². The number of anilines is 1. The Labute approximate surface area is 252 Å². The van der Waals surface area contributed by atoms with Gasteiger partial charge in [0.15, 0.2) is 0 Å².